The number of anilines is 1. The average molecular weight is 279 g/mol. The lowest BCUT2D eigenvalue weighted by molar-refractivity contribution is 0.147. The van der Waals surface area contributed by atoms with Gasteiger partial charge in [-0.1, -0.05) is 19.9 Å². The predicted octanol–water partition coefficient (Wildman–Crippen LogP) is 2.82. The van der Waals surface area contributed by atoms with Gasteiger partial charge in [0.2, 0.25) is 0 Å². The molecule has 1 aliphatic heterocycles. The fourth-order valence-corrected chi connectivity index (χ4v) is 2.51. The fourth-order valence-electron chi connectivity index (χ4n) is 2.51. The summed E-state index contributed by atoms with van der Waals surface area (Å²) in [6, 6.07) is 6.35. The molecule has 0 aliphatic carbocycles. The number of halogens is 1. The monoisotopic (exact) mass is 279 g/mol. The van der Waals surface area contributed by atoms with E-state index < -0.39 is 0 Å². The molecule has 2 N–H and O–H groups in total. The van der Waals surface area contributed by atoms with Gasteiger partial charge in [-0.15, -0.1) is 0 Å². The molecule has 2 amide bonds. The smallest absolute Gasteiger partial charge is 0.319 e. The van der Waals surface area contributed by atoms with Crippen LogP contribution in [0, 0.1) is 5.82 Å². The normalized spacial score (nSPS) is 22.6. The molecular formula is C15H22FN3O. The van der Waals surface area contributed by atoms with E-state index in [0.29, 0.717) is 18.3 Å². The third kappa shape index (κ3) is 3.48. The molecule has 1 aliphatic rings. The summed E-state index contributed by atoms with van der Waals surface area (Å²) in [5.41, 5.74) is 0.497. The van der Waals surface area contributed by atoms with E-state index in [-0.39, 0.29) is 17.9 Å². The maximum atomic E-state index is 13.1. The van der Waals surface area contributed by atoms with Crippen LogP contribution < -0.4 is 10.6 Å². The molecule has 1 aromatic carbocycles. The zero-order valence-corrected chi connectivity index (χ0v) is 12.0. The second kappa shape index (κ2) is 6.70. The average Bonchev–Trinajstić information content (AvgIpc) is 2.46. The number of hydrogen-bond donors (Lipinski definition) is 2. The summed E-state index contributed by atoms with van der Waals surface area (Å²) in [5, 5.41) is 6.23. The van der Waals surface area contributed by atoms with Crippen LogP contribution in [0.4, 0.5) is 14.9 Å². The van der Waals surface area contributed by atoms with Crippen molar-refractivity contribution in [1.29, 1.82) is 0 Å². The van der Waals surface area contributed by atoms with Crippen molar-refractivity contribution in [2.75, 3.05) is 18.4 Å². The highest BCUT2D eigenvalue weighted by Crippen LogP contribution is 2.15. The van der Waals surface area contributed by atoms with Gasteiger partial charge in [0.1, 0.15) is 5.82 Å². The molecule has 1 heterocycles. The van der Waals surface area contributed by atoms with E-state index in [4.69, 9.17) is 0 Å². The van der Waals surface area contributed by atoms with Gasteiger partial charge in [0, 0.05) is 30.9 Å². The Morgan fingerprint density at radius 2 is 2.25 bits per heavy atom. The second-order valence-corrected chi connectivity index (χ2v) is 5.17. The largest absolute Gasteiger partial charge is 0.322 e. The van der Waals surface area contributed by atoms with Crippen LogP contribution in [0.5, 0.6) is 0 Å². The third-order valence-electron chi connectivity index (χ3n) is 3.80. The van der Waals surface area contributed by atoms with Crippen molar-refractivity contribution in [3.63, 3.8) is 0 Å². The molecule has 2 atom stereocenters. The molecule has 1 saturated heterocycles. The first-order valence-corrected chi connectivity index (χ1v) is 7.20. The molecule has 0 radical (unpaired) electrons. The van der Waals surface area contributed by atoms with E-state index in [1.165, 1.54) is 12.1 Å². The van der Waals surface area contributed by atoms with Gasteiger partial charge in [-0.3, -0.25) is 0 Å². The van der Waals surface area contributed by atoms with Crippen molar-refractivity contribution in [3.8, 4) is 0 Å². The van der Waals surface area contributed by atoms with Gasteiger partial charge >= 0.3 is 6.03 Å². The minimum absolute atomic E-state index is 0.151. The van der Waals surface area contributed by atoms with Crippen LogP contribution in [0.15, 0.2) is 24.3 Å². The lowest BCUT2D eigenvalue weighted by atomic mass is 10.1. The predicted molar refractivity (Wildman–Crippen MR) is 78.3 cm³/mol. The molecular weight excluding hydrogens is 257 g/mol. The highest BCUT2D eigenvalue weighted by Gasteiger charge is 2.29. The minimum atomic E-state index is -0.346. The summed E-state index contributed by atoms with van der Waals surface area (Å²) < 4.78 is 13.1. The summed E-state index contributed by atoms with van der Waals surface area (Å²) in [7, 11) is 0. The van der Waals surface area contributed by atoms with Crippen molar-refractivity contribution < 1.29 is 9.18 Å². The van der Waals surface area contributed by atoms with E-state index >= 15 is 0 Å². The molecule has 1 aromatic rings. The van der Waals surface area contributed by atoms with Gasteiger partial charge in [-0.25, -0.2) is 9.18 Å². The maximum absolute atomic E-state index is 13.1. The first-order chi connectivity index (χ1) is 9.63. The minimum Gasteiger partial charge on any atom is -0.319 e. The van der Waals surface area contributed by atoms with Crippen LogP contribution in [0.3, 0.4) is 0 Å². The lowest BCUT2D eigenvalue weighted by Crippen LogP contribution is -2.58. The van der Waals surface area contributed by atoms with Crippen LogP contribution in [-0.2, 0) is 0 Å². The van der Waals surface area contributed by atoms with Crippen molar-refractivity contribution in [1.82, 2.24) is 10.2 Å². The zero-order valence-electron chi connectivity index (χ0n) is 12.0. The highest BCUT2D eigenvalue weighted by molar-refractivity contribution is 5.89. The molecule has 2 rings (SSSR count). The molecule has 0 spiro atoms. The molecule has 110 valence electrons. The van der Waals surface area contributed by atoms with Crippen LogP contribution >= 0.6 is 0 Å². The Morgan fingerprint density at radius 1 is 1.45 bits per heavy atom. The van der Waals surface area contributed by atoms with E-state index in [9.17, 15) is 9.18 Å². The Bertz CT molecular complexity index is 466. The number of carbonyl (C=O) groups is 1. The van der Waals surface area contributed by atoms with Gasteiger partial charge in [0.05, 0.1) is 0 Å². The molecule has 2 unspecified atom stereocenters. The number of rotatable bonds is 3. The molecule has 4 nitrogen and oxygen atoms in total. The van der Waals surface area contributed by atoms with Crippen molar-refractivity contribution in [3.05, 3.63) is 30.1 Å². The molecule has 0 aromatic heterocycles. The molecule has 1 fully saturated rings. The van der Waals surface area contributed by atoms with Crippen molar-refractivity contribution in [2.45, 2.75) is 38.8 Å². The van der Waals surface area contributed by atoms with E-state index in [0.717, 1.165) is 19.4 Å². The Balaban J connectivity index is 2.05. The number of nitrogens with zero attached hydrogens (tertiary/aromatic N) is 1. The van der Waals surface area contributed by atoms with E-state index in [2.05, 4.69) is 24.5 Å². The number of amides is 2. The standard InChI is InChI=1S/C15H22FN3O/c1-3-12-10-19(14(4-2)9-17-12)15(20)18-13-7-5-6-11(16)8-13/h5-8,12,14,17H,3-4,9-10H2,1-2H3,(H,18,20). The van der Waals surface area contributed by atoms with E-state index in [1.807, 2.05) is 4.90 Å². The van der Waals surface area contributed by atoms with Crippen LogP contribution in [0.1, 0.15) is 26.7 Å². The van der Waals surface area contributed by atoms with Gasteiger partial charge in [-0.05, 0) is 31.0 Å². The summed E-state index contributed by atoms with van der Waals surface area (Å²) in [6.45, 7) is 5.68. The van der Waals surface area contributed by atoms with Crippen molar-refractivity contribution >= 4 is 11.7 Å². The van der Waals surface area contributed by atoms with Crippen LogP contribution in [0.25, 0.3) is 0 Å². The zero-order chi connectivity index (χ0) is 14.5. The molecule has 0 saturated carbocycles. The van der Waals surface area contributed by atoms with Crippen LogP contribution in [0.2, 0.25) is 0 Å². The van der Waals surface area contributed by atoms with Gasteiger partial charge in [-0.2, -0.15) is 0 Å². The number of piperazine rings is 1. The number of carbonyl (C=O) groups excluding carboxylic acids is 1. The first-order valence-electron chi connectivity index (χ1n) is 7.20. The first kappa shape index (κ1) is 14.8. The molecule has 5 heteroatoms. The molecule has 20 heavy (non-hydrogen) atoms. The Labute approximate surface area is 119 Å². The summed E-state index contributed by atoms with van der Waals surface area (Å²) in [4.78, 5) is 14.2. The fraction of sp³-hybridized carbons (Fsp3) is 0.533. The van der Waals surface area contributed by atoms with Crippen molar-refractivity contribution in [2.24, 2.45) is 0 Å². The SMILES string of the molecule is CCC1CN(C(=O)Nc2cccc(F)c2)C(CC)CN1. The Hall–Kier alpha value is -1.62. The molecule has 0 bridgehead atoms. The van der Waals surface area contributed by atoms with Crippen LogP contribution in [-0.4, -0.2) is 36.1 Å². The summed E-state index contributed by atoms with van der Waals surface area (Å²) >= 11 is 0. The Morgan fingerprint density at radius 3 is 2.90 bits per heavy atom. The summed E-state index contributed by atoms with van der Waals surface area (Å²) in [6.07, 6.45) is 1.89. The Kier molecular flexibility index (Phi) is 4.95. The second-order valence-electron chi connectivity index (χ2n) is 5.17. The number of hydrogen-bond acceptors (Lipinski definition) is 2. The lowest BCUT2D eigenvalue weighted by Gasteiger charge is -2.39. The van der Waals surface area contributed by atoms with Gasteiger partial charge in [0.15, 0.2) is 0 Å². The number of benzene rings is 1. The van der Waals surface area contributed by atoms with Gasteiger partial charge < -0.3 is 15.5 Å². The third-order valence-corrected chi connectivity index (χ3v) is 3.80. The maximum Gasteiger partial charge on any atom is 0.322 e. The van der Waals surface area contributed by atoms with E-state index in [1.54, 1.807) is 12.1 Å². The quantitative estimate of drug-likeness (QED) is 0.893. The summed E-state index contributed by atoms with van der Waals surface area (Å²) in [5.74, 6) is -0.346. The number of urea groups is 1. The van der Waals surface area contributed by atoms with Gasteiger partial charge in [0.25, 0.3) is 0 Å². The topological polar surface area (TPSA) is 44.4 Å². The number of nitrogens with one attached hydrogen (secondary N) is 2. The highest BCUT2D eigenvalue weighted by atomic mass is 19.1.